The molecule has 0 N–H and O–H groups in total. The number of nitrogens with zero attached hydrogens (tertiary/aromatic N) is 2. The zero-order valence-electron chi connectivity index (χ0n) is 10.4. The molecule has 0 bridgehead atoms. The van der Waals surface area contributed by atoms with Crippen LogP contribution in [0.1, 0.15) is 50.7 Å². The van der Waals surface area contributed by atoms with Crippen LogP contribution in [0.15, 0.2) is 24.7 Å². The molecule has 0 saturated heterocycles. The lowest BCUT2D eigenvalue weighted by Gasteiger charge is -2.17. The summed E-state index contributed by atoms with van der Waals surface area (Å²) >= 11 is 0. The number of aromatic nitrogens is 2. The molecule has 1 aromatic heterocycles. The first-order chi connectivity index (χ1) is 7.61. The first-order valence-electron chi connectivity index (χ1n) is 5.83. The van der Waals surface area contributed by atoms with Crippen molar-refractivity contribution in [2.75, 3.05) is 0 Å². The van der Waals surface area contributed by atoms with E-state index in [1.54, 1.807) is 6.33 Å². The van der Waals surface area contributed by atoms with E-state index < -0.39 is 0 Å². The number of fused-ring (bicyclic) bond motifs is 1. The molecule has 0 unspecified atom stereocenters. The van der Waals surface area contributed by atoms with E-state index in [0.717, 1.165) is 10.9 Å². The summed E-state index contributed by atoms with van der Waals surface area (Å²) in [4.78, 5) is 8.51. The highest BCUT2D eigenvalue weighted by Gasteiger charge is 2.14. The van der Waals surface area contributed by atoms with E-state index >= 15 is 0 Å². The first-order valence-corrected chi connectivity index (χ1v) is 5.83. The van der Waals surface area contributed by atoms with E-state index in [2.05, 4.69) is 49.8 Å². The minimum atomic E-state index is 0.496. The fourth-order valence-corrected chi connectivity index (χ4v) is 2.20. The topological polar surface area (TPSA) is 25.8 Å². The molecule has 0 amide bonds. The second-order valence-corrected chi connectivity index (χ2v) is 4.84. The van der Waals surface area contributed by atoms with Gasteiger partial charge in [0.2, 0.25) is 0 Å². The van der Waals surface area contributed by atoms with Crippen LogP contribution in [-0.4, -0.2) is 9.97 Å². The van der Waals surface area contributed by atoms with Crippen molar-refractivity contribution in [3.63, 3.8) is 0 Å². The van der Waals surface area contributed by atoms with E-state index in [4.69, 9.17) is 0 Å². The van der Waals surface area contributed by atoms with E-state index in [1.165, 1.54) is 11.1 Å². The molecule has 0 aliphatic rings. The maximum atomic E-state index is 4.43. The highest BCUT2D eigenvalue weighted by atomic mass is 14.8. The molecule has 0 aliphatic heterocycles. The average Bonchev–Trinajstić information content (AvgIpc) is 2.27. The zero-order chi connectivity index (χ0) is 11.7. The van der Waals surface area contributed by atoms with Crippen LogP contribution in [-0.2, 0) is 0 Å². The van der Waals surface area contributed by atoms with Crippen molar-refractivity contribution in [3.05, 3.63) is 35.8 Å². The highest BCUT2D eigenvalue weighted by Crippen LogP contribution is 2.31. The molecule has 0 spiro atoms. The summed E-state index contributed by atoms with van der Waals surface area (Å²) in [7, 11) is 0. The molecule has 16 heavy (non-hydrogen) atoms. The Kier molecular flexibility index (Phi) is 2.90. The fourth-order valence-electron chi connectivity index (χ4n) is 2.20. The maximum absolute atomic E-state index is 4.43. The van der Waals surface area contributed by atoms with Crippen molar-refractivity contribution >= 4 is 10.9 Å². The van der Waals surface area contributed by atoms with Gasteiger partial charge < -0.3 is 0 Å². The van der Waals surface area contributed by atoms with Gasteiger partial charge in [0, 0.05) is 11.6 Å². The average molecular weight is 214 g/mol. The van der Waals surface area contributed by atoms with Gasteiger partial charge in [0.25, 0.3) is 0 Å². The minimum absolute atomic E-state index is 0.496. The SMILES string of the molecule is CC(C)c1ccc2cncnc2c1C(C)C. The third-order valence-electron chi connectivity index (χ3n) is 2.95. The Morgan fingerprint density at radius 1 is 1.00 bits per heavy atom. The molecule has 0 saturated carbocycles. The Morgan fingerprint density at radius 3 is 2.38 bits per heavy atom. The summed E-state index contributed by atoms with van der Waals surface area (Å²) in [6.07, 6.45) is 3.52. The van der Waals surface area contributed by atoms with Gasteiger partial charge in [0.15, 0.2) is 0 Å². The number of hydrogen-bond acceptors (Lipinski definition) is 2. The van der Waals surface area contributed by atoms with Crippen LogP contribution < -0.4 is 0 Å². The molecule has 0 atom stereocenters. The monoisotopic (exact) mass is 214 g/mol. The summed E-state index contributed by atoms with van der Waals surface area (Å²) in [6, 6.07) is 4.34. The van der Waals surface area contributed by atoms with Crippen molar-refractivity contribution in [2.24, 2.45) is 0 Å². The van der Waals surface area contributed by atoms with Crippen LogP contribution >= 0.6 is 0 Å². The quantitative estimate of drug-likeness (QED) is 0.758. The molecule has 0 fully saturated rings. The van der Waals surface area contributed by atoms with E-state index in [-0.39, 0.29) is 0 Å². The summed E-state index contributed by atoms with van der Waals surface area (Å²) < 4.78 is 0. The molecule has 0 radical (unpaired) electrons. The second kappa shape index (κ2) is 4.20. The van der Waals surface area contributed by atoms with Gasteiger partial charge in [-0.15, -0.1) is 0 Å². The third-order valence-corrected chi connectivity index (χ3v) is 2.95. The van der Waals surface area contributed by atoms with Crippen LogP contribution in [0.2, 0.25) is 0 Å². The van der Waals surface area contributed by atoms with Gasteiger partial charge >= 0.3 is 0 Å². The molecule has 0 aliphatic carbocycles. The van der Waals surface area contributed by atoms with E-state index in [1.807, 2.05) is 6.20 Å². The second-order valence-electron chi connectivity index (χ2n) is 4.84. The summed E-state index contributed by atoms with van der Waals surface area (Å²) in [6.45, 7) is 8.91. The van der Waals surface area contributed by atoms with Crippen molar-refractivity contribution in [2.45, 2.75) is 39.5 Å². The van der Waals surface area contributed by atoms with Gasteiger partial charge in [0.05, 0.1) is 5.52 Å². The van der Waals surface area contributed by atoms with Crippen molar-refractivity contribution in [1.82, 2.24) is 9.97 Å². The molecule has 1 aromatic carbocycles. The number of benzene rings is 1. The van der Waals surface area contributed by atoms with Gasteiger partial charge in [-0.1, -0.05) is 39.8 Å². The number of hydrogen-bond donors (Lipinski definition) is 0. The van der Waals surface area contributed by atoms with E-state index in [9.17, 15) is 0 Å². The summed E-state index contributed by atoms with van der Waals surface area (Å²) in [5, 5.41) is 1.13. The van der Waals surface area contributed by atoms with Crippen LogP contribution in [0.3, 0.4) is 0 Å². The van der Waals surface area contributed by atoms with Crippen LogP contribution in [0.5, 0.6) is 0 Å². The molecule has 2 heteroatoms. The van der Waals surface area contributed by atoms with Gasteiger partial charge in [-0.2, -0.15) is 0 Å². The predicted molar refractivity (Wildman–Crippen MR) is 67.7 cm³/mol. The summed E-state index contributed by atoms with van der Waals surface area (Å²) in [5.74, 6) is 1.03. The van der Waals surface area contributed by atoms with Crippen molar-refractivity contribution in [1.29, 1.82) is 0 Å². The lowest BCUT2D eigenvalue weighted by atomic mass is 9.89. The molecular weight excluding hydrogens is 196 g/mol. The van der Waals surface area contributed by atoms with Crippen LogP contribution in [0.4, 0.5) is 0 Å². The molecule has 1 heterocycles. The largest absolute Gasteiger partial charge is 0.244 e. The van der Waals surface area contributed by atoms with E-state index in [0.29, 0.717) is 11.8 Å². The molecule has 2 rings (SSSR count). The Bertz CT molecular complexity index is 501. The molecule has 2 aromatic rings. The predicted octanol–water partition coefficient (Wildman–Crippen LogP) is 3.88. The highest BCUT2D eigenvalue weighted by molar-refractivity contribution is 5.82. The van der Waals surface area contributed by atoms with Crippen LogP contribution in [0, 0.1) is 0 Å². The van der Waals surface area contributed by atoms with Crippen molar-refractivity contribution < 1.29 is 0 Å². The zero-order valence-corrected chi connectivity index (χ0v) is 10.4. The Hall–Kier alpha value is -1.44. The lowest BCUT2D eigenvalue weighted by Crippen LogP contribution is -2.01. The molecule has 2 nitrogen and oxygen atoms in total. The first kappa shape index (κ1) is 11.1. The van der Waals surface area contributed by atoms with Gasteiger partial charge in [-0.3, -0.25) is 0 Å². The number of rotatable bonds is 2. The fraction of sp³-hybridized carbons (Fsp3) is 0.429. The Labute approximate surface area is 96.7 Å². The molecular formula is C14H18N2. The Morgan fingerprint density at radius 2 is 1.75 bits per heavy atom. The van der Waals surface area contributed by atoms with Crippen LogP contribution in [0.25, 0.3) is 10.9 Å². The Balaban J connectivity index is 2.79. The maximum Gasteiger partial charge on any atom is 0.116 e. The van der Waals surface area contributed by atoms with Gasteiger partial charge in [-0.25, -0.2) is 9.97 Å². The third kappa shape index (κ3) is 1.80. The lowest BCUT2D eigenvalue weighted by molar-refractivity contribution is 0.795. The van der Waals surface area contributed by atoms with Gasteiger partial charge in [0.1, 0.15) is 6.33 Å². The standard InChI is InChI=1S/C14H18N2/c1-9(2)12-6-5-11-7-15-8-16-14(11)13(12)10(3)4/h5-10H,1-4H3. The molecule has 84 valence electrons. The summed E-state index contributed by atoms with van der Waals surface area (Å²) in [5.41, 5.74) is 3.88. The van der Waals surface area contributed by atoms with Gasteiger partial charge in [-0.05, 0) is 23.0 Å². The smallest absolute Gasteiger partial charge is 0.116 e. The van der Waals surface area contributed by atoms with Crippen molar-refractivity contribution in [3.8, 4) is 0 Å². The minimum Gasteiger partial charge on any atom is -0.244 e. The normalized spacial score (nSPS) is 11.6.